The van der Waals surface area contributed by atoms with Gasteiger partial charge in [-0.15, -0.1) is 0 Å². The summed E-state index contributed by atoms with van der Waals surface area (Å²) in [6, 6.07) is 0.0745. The molecule has 1 heterocycles. The molecule has 0 radical (unpaired) electrons. The molecule has 0 saturated carbocycles. The molecule has 2 N–H and O–H groups in total. The van der Waals surface area contributed by atoms with Crippen molar-refractivity contribution in [3.63, 3.8) is 0 Å². The number of imidazole rings is 1. The lowest BCUT2D eigenvalue weighted by Crippen LogP contribution is -2.32. The van der Waals surface area contributed by atoms with Crippen molar-refractivity contribution in [2.24, 2.45) is 5.73 Å². The van der Waals surface area contributed by atoms with E-state index >= 15 is 0 Å². The SMILES string of the molecule is CCC(N)Cn1ccn(CC)c1=O. The van der Waals surface area contributed by atoms with Gasteiger partial charge in [-0.25, -0.2) is 4.79 Å². The third-order valence-electron chi connectivity index (χ3n) is 2.21. The second kappa shape index (κ2) is 4.28. The van der Waals surface area contributed by atoms with Crippen molar-refractivity contribution >= 4 is 0 Å². The van der Waals surface area contributed by atoms with Gasteiger partial charge in [0.25, 0.3) is 0 Å². The molecule has 4 nitrogen and oxygen atoms in total. The monoisotopic (exact) mass is 183 g/mol. The van der Waals surface area contributed by atoms with Crippen molar-refractivity contribution in [3.8, 4) is 0 Å². The van der Waals surface area contributed by atoms with Crippen LogP contribution in [0.15, 0.2) is 17.2 Å². The van der Waals surface area contributed by atoms with Crippen molar-refractivity contribution in [3.05, 3.63) is 22.9 Å². The van der Waals surface area contributed by atoms with Crippen LogP contribution in [0.25, 0.3) is 0 Å². The van der Waals surface area contributed by atoms with Crippen LogP contribution in [0.2, 0.25) is 0 Å². The highest BCUT2D eigenvalue weighted by molar-refractivity contribution is 4.82. The molecular weight excluding hydrogens is 166 g/mol. The summed E-state index contributed by atoms with van der Waals surface area (Å²) in [5.41, 5.74) is 5.79. The number of rotatable bonds is 4. The van der Waals surface area contributed by atoms with E-state index < -0.39 is 0 Å². The first-order valence-electron chi connectivity index (χ1n) is 4.70. The van der Waals surface area contributed by atoms with Crippen molar-refractivity contribution in [2.75, 3.05) is 0 Å². The van der Waals surface area contributed by atoms with Crippen LogP contribution in [0.4, 0.5) is 0 Å². The van der Waals surface area contributed by atoms with E-state index in [0.29, 0.717) is 13.1 Å². The van der Waals surface area contributed by atoms with Gasteiger partial charge in [-0.1, -0.05) is 6.92 Å². The summed E-state index contributed by atoms with van der Waals surface area (Å²) in [7, 11) is 0. The summed E-state index contributed by atoms with van der Waals surface area (Å²) in [4.78, 5) is 11.5. The molecule has 0 bridgehead atoms. The zero-order chi connectivity index (χ0) is 9.84. The molecule has 0 fully saturated rings. The van der Waals surface area contributed by atoms with Gasteiger partial charge >= 0.3 is 5.69 Å². The number of nitrogens with zero attached hydrogens (tertiary/aromatic N) is 2. The lowest BCUT2D eigenvalue weighted by atomic mass is 10.2. The molecule has 0 aliphatic rings. The number of nitrogens with two attached hydrogens (primary N) is 1. The first-order valence-corrected chi connectivity index (χ1v) is 4.70. The van der Waals surface area contributed by atoms with Crippen LogP contribution < -0.4 is 11.4 Å². The molecule has 1 unspecified atom stereocenters. The molecule has 4 heteroatoms. The fraction of sp³-hybridized carbons (Fsp3) is 0.667. The first-order chi connectivity index (χ1) is 6.19. The zero-order valence-electron chi connectivity index (χ0n) is 8.23. The second-order valence-corrected chi connectivity index (χ2v) is 3.19. The summed E-state index contributed by atoms with van der Waals surface area (Å²) in [5.74, 6) is 0. The van der Waals surface area contributed by atoms with Crippen LogP contribution in [-0.4, -0.2) is 15.2 Å². The quantitative estimate of drug-likeness (QED) is 0.735. The van der Waals surface area contributed by atoms with Gasteiger partial charge in [-0.05, 0) is 13.3 Å². The van der Waals surface area contributed by atoms with Crippen molar-refractivity contribution in [1.82, 2.24) is 9.13 Å². The van der Waals surface area contributed by atoms with Crippen molar-refractivity contribution < 1.29 is 0 Å². The fourth-order valence-electron chi connectivity index (χ4n) is 1.21. The minimum Gasteiger partial charge on any atom is -0.326 e. The van der Waals surface area contributed by atoms with E-state index in [2.05, 4.69) is 0 Å². The maximum absolute atomic E-state index is 11.5. The molecule has 0 aromatic carbocycles. The van der Waals surface area contributed by atoms with E-state index in [1.165, 1.54) is 0 Å². The largest absolute Gasteiger partial charge is 0.328 e. The van der Waals surface area contributed by atoms with Gasteiger partial charge in [0.1, 0.15) is 0 Å². The topological polar surface area (TPSA) is 52.9 Å². The van der Waals surface area contributed by atoms with E-state index in [9.17, 15) is 4.79 Å². The van der Waals surface area contributed by atoms with Gasteiger partial charge in [0, 0.05) is 31.5 Å². The minimum absolute atomic E-state index is 0.0337. The van der Waals surface area contributed by atoms with Crippen LogP contribution in [-0.2, 0) is 13.1 Å². The van der Waals surface area contributed by atoms with Crippen LogP contribution in [0.1, 0.15) is 20.3 Å². The third-order valence-corrected chi connectivity index (χ3v) is 2.21. The summed E-state index contributed by atoms with van der Waals surface area (Å²) in [6.45, 7) is 5.30. The van der Waals surface area contributed by atoms with E-state index in [4.69, 9.17) is 5.73 Å². The Morgan fingerprint density at radius 3 is 2.46 bits per heavy atom. The molecule has 13 heavy (non-hydrogen) atoms. The first kappa shape index (κ1) is 10.1. The Morgan fingerprint density at radius 2 is 2.00 bits per heavy atom. The summed E-state index contributed by atoms with van der Waals surface area (Å²) in [5, 5.41) is 0. The Labute approximate surface area is 78.0 Å². The molecule has 1 aromatic heterocycles. The molecule has 0 amide bonds. The molecule has 0 aliphatic carbocycles. The van der Waals surface area contributed by atoms with Gasteiger partial charge in [0.2, 0.25) is 0 Å². The Hall–Kier alpha value is -1.03. The van der Waals surface area contributed by atoms with Crippen molar-refractivity contribution in [1.29, 1.82) is 0 Å². The standard InChI is InChI=1S/C9H17N3O/c1-3-8(10)7-12-6-5-11(4-2)9(12)13/h5-6,8H,3-4,7,10H2,1-2H3. The number of aryl methyl sites for hydroxylation is 1. The smallest absolute Gasteiger partial charge is 0.326 e. The number of hydrogen-bond donors (Lipinski definition) is 1. The van der Waals surface area contributed by atoms with Crippen LogP contribution in [0.3, 0.4) is 0 Å². The molecule has 74 valence electrons. The maximum Gasteiger partial charge on any atom is 0.328 e. The highest BCUT2D eigenvalue weighted by Gasteiger charge is 2.04. The molecule has 1 aromatic rings. The van der Waals surface area contributed by atoms with Crippen LogP contribution in [0, 0.1) is 0 Å². The van der Waals surface area contributed by atoms with Crippen LogP contribution in [0.5, 0.6) is 0 Å². The molecule has 0 aliphatic heterocycles. The highest BCUT2D eigenvalue weighted by atomic mass is 16.1. The van der Waals surface area contributed by atoms with Gasteiger partial charge in [0.15, 0.2) is 0 Å². The molecular formula is C9H17N3O. The Morgan fingerprint density at radius 1 is 1.38 bits per heavy atom. The zero-order valence-corrected chi connectivity index (χ0v) is 8.23. The predicted octanol–water partition coefficient (Wildman–Crippen LogP) is 0.407. The number of hydrogen-bond acceptors (Lipinski definition) is 2. The second-order valence-electron chi connectivity index (χ2n) is 3.19. The molecule has 1 atom stereocenters. The van der Waals surface area contributed by atoms with E-state index in [-0.39, 0.29) is 11.7 Å². The van der Waals surface area contributed by atoms with Gasteiger partial charge in [-0.2, -0.15) is 0 Å². The highest BCUT2D eigenvalue weighted by Crippen LogP contribution is 1.91. The Kier molecular flexibility index (Phi) is 3.31. The average Bonchev–Trinajstić information content (AvgIpc) is 2.48. The van der Waals surface area contributed by atoms with E-state index in [0.717, 1.165) is 6.42 Å². The molecule has 1 rings (SSSR count). The molecule has 0 saturated heterocycles. The maximum atomic E-state index is 11.5. The van der Waals surface area contributed by atoms with Gasteiger partial charge in [0.05, 0.1) is 0 Å². The molecule has 0 spiro atoms. The number of aromatic nitrogens is 2. The fourth-order valence-corrected chi connectivity index (χ4v) is 1.21. The lowest BCUT2D eigenvalue weighted by molar-refractivity contribution is 0.518. The minimum atomic E-state index is 0.0337. The van der Waals surface area contributed by atoms with Crippen LogP contribution >= 0.6 is 0 Å². The van der Waals surface area contributed by atoms with E-state index in [1.54, 1.807) is 21.5 Å². The van der Waals surface area contributed by atoms with Crippen molar-refractivity contribution in [2.45, 2.75) is 39.4 Å². The average molecular weight is 183 g/mol. The summed E-state index contributed by atoms with van der Waals surface area (Å²) >= 11 is 0. The third kappa shape index (κ3) is 2.21. The lowest BCUT2D eigenvalue weighted by Gasteiger charge is -2.07. The van der Waals surface area contributed by atoms with Gasteiger partial charge < -0.3 is 5.73 Å². The Balaban J connectivity index is 2.78. The van der Waals surface area contributed by atoms with Gasteiger partial charge in [-0.3, -0.25) is 9.13 Å². The van der Waals surface area contributed by atoms with E-state index in [1.807, 2.05) is 13.8 Å². The Bertz CT molecular complexity index is 313. The summed E-state index contributed by atoms with van der Waals surface area (Å²) in [6.07, 6.45) is 4.48. The normalized spacial score (nSPS) is 13.2. The predicted molar refractivity (Wildman–Crippen MR) is 52.6 cm³/mol. The summed E-state index contributed by atoms with van der Waals surface area (Å²) < 4.78 is 3.33.